The van der Waals surface area contributed by atoms with Gasteiger partial charge in [0.1, 0.15) is 18.5 Å². The van der Waals surface area contributed by atoms with Crippen molar-refractivity contribution >= 4 is 0 Å². The molecule has 0 N–H and O–H groups in total. The van der Waals surface area contributed by atoms with Gasteiger partial charge in [-0.25, -0.2) is 8.78 Å². The van der Waals surface area contributed by atoms with Gasteiger partial charge in [-0.15, -0.1) is 0 Å². The molecule has 0 spiro atoms. The van der Waals surface area contributed by atoms with Crippen molar-refractivity contribution in [1.29, 1.82) is 0 Å². The predicted octanol–water partition coefficient (Wildman–Crippen LogP) is 7.12. The molecule has 0 saturated heterocycles. The number of nitrogens with zero attached hydrogens (tertiary/aromatic N) is 1. The maximum absolute atomic E-state index is 13.5. The van der Waals surface area contributed by atoms with E-state index in [2.05, 4.69) is 36.2 Å². The summed E-state index contributed by atoms with van der Waals surface area (Å²) in [6.07, 6.45) is 7.58. The number of pyridine rings is 1. The molecule has 0 amide bonds. The maximum atomic E-state index is 13.5. The largest absolute Gasteiger partial charge is 0.489 e. The second-order valence-electron chi connectivity index (χ2n) is 7.35. The van der Waals surface area contributed by atoms with Crippen LogP contribution in [0.25, 0.3) is 11.3 Å². The van der Waals surface area contributed by atoms with Crippen molar-refractivity contribution in [2.45, 2.75) is 77.6 Å². The first-order valence-electron chi connectivity index (χ1n) is 10.6. The first-order chi connectivity index (χ1) is 13.6. The Kier molecular flexibility index (Phi) is 9.95. The van der Waals surface area contributed by atoms with Crippen molar-refractivity contribution in [3.05, 3.63) is 48.2 Å². The van der Waals surface area contributed by atoms with E-state index >= 15 is 0 Å². The third-order valence-corrected chi connectivity index (χ3v) is 5.00. The molecule has 0 aliphatic carbocycles. The average Bonchev–Trinajstić information content (AvgIpc) is 2.74. The molecule has 0 saturated carbocycles. The molecule has 1 heterocycles. The van der Waals surface area contributed by atoms with Gasteiger partial charge in [0, 0.05) is 5.56 Å². The molecule has 1 aromatic carbocycles. The van der Waals surface area contributed by atoms with Crippen LogP contribution in [0.1, 0.15) is 64.4 Å². The molecule has 4 heteroatoms. The van der Waals surface area contributed by atoms with Crippen LogP contribution in [-0.4, -0.2) is 23.9 Å². The number of rotatable bonds is 13. The van der Waals surface area contributed by atoms with Gasteiger partial charge >= 0.3 is 0 Å². The second kappa shape index (κ2) is 12.5. The van der Waals surface area contributed by atoms with E-state index < -0.39 is 12.3 Å². The first-order valence-corrected chi connectivity index (χ1v) is 10.6. The molecule has 2 rings (SSSR count). The highest BCUT2D eigenvalue weighted by Crippen LogP contribution is 2.21. The van der Waals surface area contributed by atoms with Crippen LogP contribution < -0.4 is 4.74 Å². The van der Waals surface area contributed by atoms with Crippen molar-refractivity contribution in [3.8, 4) is 17.0 Å². The third-order valence-electron chi connectivity index (χ3n) is 5.00. The number of unbranched alkanes of at least 4 members (excludes halogenated alkanes) is 5. The number of alkyl halides is 2. The quantitative estimate of drug-likeness (QED) is 0.340. The topological polar surface area (TPSA) is 22.1 Å². The Hall–Kier alpha value is -1.97. The summed E-state index contributed by atoms with van der Waals surface area (Å²) in [6, 6.07) is 12.1. The van der Waals surface area contributed by atoms with Crippen LogP contribution in [-0.2, 0) is 6.42 Å². The molecule has 1 aromatic heterocycles. The van der Waals surface area contributed by atoms with Gasteiger partial charge in [0.15, 0.2) is 6.17 Å². The lowest BCUT2D eigenvalue weighted by atomic mass is 10.0. The highest BCUT2D eigenvalue weighted by molar-refractivity contribution is 5.59. The lowest BCUT2D eigenvalue weighted by Crippen LogP contribution is -2.23. The molecule has 0 bridgehead atoms. The molecule has 0 fully saturated rings. The molecule has 0 unspecified atom stereocenters. The second-order valence-corrected chi connectivity index (χ2v) is 7.35. The van der Waals surface area contributed by atoms with Gasteiger partial charge in [-0.05, 0) is 37.0 Å². The van der Waals surface area contributed by atoms with E-state index in [1.807, 2.05) is 6.07 Å². The van der Waals surface area contributed by atoms with Crippen LogP contribution in [0, 0.1) is 0 Å². The molecule has 28 heavy (non-hydrogen) atoms. The van der Waals surface area contributed by atoms with Gasteiger partial charge in [-0.3, -0.25) is 4.98 Å². The maximum Gasteiger partial charge on any atom is 0.165 e. The van der Waals surface area contributed by atoms with Crippen LogP contribution in [0.15, 0.2) is 42.6 Å². The molecule has 0 aliphatic heterocycles. The summed E-state index contributed by atoms with van der Waals surface area (Å²) in [5.41, 5.74) is 3.23. The number of ether oxygens (including phenoxy) is 1. The van der Waals surface area contributed by atoms with Crippen LogP contribution in [0.5, 0.6) is 5.75 Å². The Bertz CT molecular complexity index is 657. The Morgan fingerprint density at radius 3 is 2.21 bits per heavy atom. The summed E-state index contributed by atoms with van der Waals surface area (Å²) in [5.74, 6) is 0.453. The van der Waals surface area contributed by atoms with Gasteiger partial charge in [-0.1, -0.05) is 70.2 Å². The third kappa shape index (κ3) is 7.57. The van der Waals surface area contributed by atoms with Crippen LogP contribution in [0.2, 0.25) is 0 Å². The SMILES string of the molecule is CCCCCCCCc1ccc(-c2ccc(OC[C@@H](F)[C@H](F)CC)cn2)cc1. The smallest absolute Gasteiger partial charge is 0.165 e. The highest BCUT2D eigenvalue weighted by Gasteiger charge is 2.19. The predicted molar refractivity (Wildman–Crippen MR) is 112 cm³/mol. The fourth-order valence-corrected chi connectivity index (χ4v) is 3.12. The normalized spacial score (nSPS) is 13.3. The van der Waals surface area contributed by atoms with Crippen molar-refractivity contribution in [3.63, 3.8) is 0 Å². The molecular weight excluding hydrogens is 356 g/mol. The summed E-state index contributed by atoms with van der Waals surface area (Å²) < 4.78 is 32.0. The van der Waals surface area contributed by atoms with E-state index in [0.29, 0.717) is 5.75 Å². The van der Waals surface area contributed by atoms with Crippen molar-refractivity contribution < 1.29 is 13.5 Å². The van der Waals surface area contributed by atoms with Crippen molar-refractivity contribution in [1.82, 2.24) is 4.98 Å². The number of benzene rings is 1. The minimum absolute atomic E-state index is 0.149. The summed E-state index contributed by atoms with van der Waals surface area (Å²) in [5, 5.41) is 0. The minimum atomic E-state index is -1.61. The van der Waals surface area contributed by atoms with E-state index in [4.69, 9.17) is 4.74 Å². The van der Waals surface area contributed by atoms with Crippen LogP contribution >= 0.6 is 0 Å². The number of aromatic nitrogens is 1. The standard InChI is InChI=1S/C24H33F2NO/c1-3-5-6-7-8-9-10-19-11-13-20(14-12-19)24-16-15-21(17-27-24)28-18-23(26)22(25)4-2/h11-17,22-23H,3-10,18H2,1-2H3/t22-,23-/m1/s1. The Balaban J connectivity index is 1.80. The molecule has 2 aromatic rings. The minimum Gasteiger partial charge on any atom is -0.489 e. The van der Waals surface area contributed by atoms with E-state index in [9.17, 15) is 8.78 Å². The van der Waals surface area contributed by atoms with Gasteiger partial charge in [0.05, 0.1) is 11.9 Å². The highest BCUT2D eigenvalue weighted by atomic mass is 19.2. The summed E-state index contributed by atoms with van der Waals surface area (Å²) in [7, 11) is 0. The monoisotopic (exact) mass is 389 g/mol. The fraction of sp³-hybridized carbons (Fsp3) is 0.542. The van der Waals surface area contributed by atoms with Crippen LogP contribution in [0.4, 0.5) is 8.78 Å². The fourth-order valence-electron chi connectivity index (χ4n) is 3.12. The van der Waals surface area contributed by atoms with E-state index in [-0.39, 0.29) is 13.0 Å². The molecular formula is C24H33F2NO. The lowest BCUT2D eigenvalue weighted by Gasteiger charge is -2.13. The molecule has 0 radical (unpaired) electrons. The number of halogens is 2. The summed E-state index contributed by atoms with van der Waals surface area (Å²) in [6.45, 7) is 3.57. The number of hydrogen-bond acceptors (Lipinski definition) is 2. The number of hydrogen-bond donors (Lipinski definition) is 0. The van der Waals surface area contributed by atoms with Crippen molar-refractivity contribution in [2.24, 2.45) is 0 Å². The van der Waals surface area contributed by atoms with E-state index in [1.54, 1.807) is 19.2 Å². The zero-order chi connectivity index (χ0) is 20.2. The van der Waals surface area contributed by atoms with Crippen molar-refractivity contribution in [2.75, 3.05) is 6.61 Å². The molecule has 2 atom stereocenters. The van der Waals surface area contributed by atoms with Gasteiger partial charge in [0.25, 0.3) is 0 Å². The van der Waals surface area contributed by atoms with Crippen LogP contribution in [0.3, 0.4) is 0 Å². The summed E-state index contributed by atoms with van der Waals surface area (Å²) in [4.78, 5) is 4.38. The van der Waals surface area contributed by atoms with E-state index in [1.165, 1.54) is 44.1 Å². The van der Waals surface area contributed by atoms with Gasteiger partial charge in [-0.2, -0.15) is 0 Å². The lowest BCUT2D eigenvalue weighted by molar-refractivity contribution is 0.106. The Morgan fingerprint density at radius 1 is 0.857 bits per heavy atom. The Morgan fingerprint density at radius 2 is 1.57 bits per heavy atom. The first kappa shape index (κ1) is 22.3. The van der Waals surface area contributed by atoms with Gasteiger partial charge in [0.2, 0.25) is 0 Å². The number of aryl methyl sites for hydroxylation is 1. The zero-order valence-electron chi connectivity index (χ0n) is 17.2. The zero-order valence-corrected chi connectivity index (χ0v) is 17.2. The van der Waals surface area contributed by atoms with E-state index in [0.717, 1.165) is 17.7 Å². The average molecular weight is 390 g/mol. The summed E-state index contributed by atoms with van der Waals surface area (Å²) >= 11 is 0. The molecule has 0 aliphatic rings. The molecule has 2 nitrogen and oxygen atoms in total. The van der Waals surface area contributed by atoms with Gasteiger partial charge < -0.3 is 4.74 Å². The molecule has 154 valence electrons. The Labute approximate surface area is 168 Å².